The molecule has 1 aromatic rings. The largest absolute Gasteiger partial charge is 0.488 e. The van der Waals surface area contributed by atoms with Crippen molar-refractivity contribution in [3.05, 3.63) is 22.4 Å². The topological polar surface area (TPSA) is 51.2 Å². The summed E-state index contributed by atoms with van der Waals surface area (Å²) in [5.74, 6) is 0.499. The molecule has 0 radical (unpaired) electrons. The maximum Gasteiger partial charge on any atom is 0.269 e. The van der Waals surface area contributed by atoms with Gasteiger partial charge in [0.15, 0.2) is 5.75 Å². The monoisotopic (exact) mass is 270 g/mol. The molecule has 80 valence electrons. The molecule has 0 spiro atoms. The molecular weight excluding hydrogens is 260 g/mol. The van der Waals surface area contributed by atoms with Crippen molar-refractivity contribution in [2.45, 2.75) is 18.9 Å². The Morgan fingerprint density at radius 3 is 2.93 bits per heavy atom. The zero-order chi connectivity index (χ0) is 10.8. The number of nitrogens with zero attached hydrogens (tertiary/aromatic N) is 1. The second-order valence-corrected chi connectivity index (χ2v) is 4.25. The zero-order valence-corrected chi connectivity index (χ0v) is 9.87. The van der Waals surface area contributed by atoms with Crippen molar-refractivity contribution in [1.29, 1.82) is 0 Å². The lowest BCUT2D eigenvalue weighted by Gasteiger charge is -2.07. The van der Waals surface area contributed by atoms with Crippen LogP contribution in [-0.4, -0.2) is 24.0 Å². The molecule has 1 aliphatic rings. The summed E-state index contributed by atoms with van der Waals surface area (Å²) in [5, 5.41) is 2.52. The van der Waals surface area contributed by atoms with Gasteiger partial charge in [0.05, 0.1) is 16.8 Å². The number of pyridine rings is 1. The highest BCUT2D eigenvalue weighted by Crippen LogP contribution is 2.31. The molecule has 5 heteroatoms. The van der Waals surface area contributed by atoms with Gasteiger partial charge >= 0.3 is 0 Å². The standard InChI is InChI=1S/C10H11BrN2O2/c1-12-10(14)8-4-7(11)9(5-13-8)15-6-2-3-6/h4-6H,2-3H2,1H3,(H,12,14). The molecule has 1 heterocycles. The average molecular weight is 271 g/mol. The van der Waals surface area contributed by atoms with Gasteiger partial charge in [-0.15, -0.1) is 0 Å². The Morgan fingerprint density at radius 1 is 1.67 bits per heavy atom. The van der Waals surface area contributed by atoms with E-state index in [1.165, 1.54) is 0 Å². The summed E-state index contributed by atoms with van der Waals surface area (Å²) in [4.78, 5) is 15.3. The lowest BCUT2D eigenvalue weighted by atomic mass is 10.3. The van der Waals surface area contributed by atoms with Gasteiger partial charge in [0, 0.05) is 7.05 Å². The predicted molar refractivity (Wildman–Crippen MR) is 59.0 cm³/mol. The molecule has 0 aromatic carbocycles. The van der Waals surface area contributed by atoms with Crippen LogP contribution in [0.3, 0.4) is 0 Å². The third-order valence-electron chi connectivity index (χ3n) is 2.10. The highest BCUT2D eigenvalue weighted by molar-refractivity contribution is 9.10. The number of nitrogens with one attached hydrogen (secondary N) is 1. The van der Waals surface area contributed by atoms with Gasteiger partial charge in [-0.2, -0.15) is 0 Å². The maximum atomic E-state index is 11.3. The molecule has 15 heavy (non-hydrogen) atoms. The number of amides is 1. The normalized spacial score (nSPS) is 14.8. The minimum Gasteiger partial charge on any atom is -0.488 e. The van der Waals surface area contributed by atoms with E-state index in [4.69, 9.17) is 4.74 Å². The third kappa shape index (κ3) is 2.47. The molecule has 1 fully saturated rings. The van der Waals surface area contributed by atoms with Gasteiger partial charge in [0.25, 0.3) is 5.91 Å². The van der Waals surface area contributed by atoms with E-state index >= 15 is 0 Å². The molecule has 1 saturated carbocycles. The highest BCUT2D eigenvalue weighted by Gasteiger charge is 2.24. The van der Waals surface area contributed by atoms with Crippen LogP contribution in [0.15, 0.2) is 16.7 Å². The van der Waals surface area contributed by atoms with Crippen molar-refractivity contribution in [3.63, 3.8) is 0 Å². The molecule has 0 bridgehead atoms. The fourth-order valence-corrected chi connectivity index (χ4v) is 1.54. The van der Waals surface area contributed by atoms with E-state index in [2.05, 4.69) is 26.2 Å². The summed E-state index contributed by atoms with van der Waals surface area (Å²) in [6, 6.07) is 1.66. The van der Waals surface area contributed by atoms with Crippen LogP contribution in [0.5, 0.6) is 5.75 Å². The van der Waals surface area contributed by atoms with E-state index in [0.717, 1.165) is 17.3 Å². The van der Waals surface area contributed by atoms with Gasteiger partial charge in [-0.3, -0.25) is 4.79 Å². The van der Waals surface area contributed by atoms with Gasteiger partial charge < -0.3 is 10.1 Å². The average Bonchev–Trinajstić information content (AvgIpc) is 3.04. The smallest absolute Gasteiger partial charge is 0.269 e. The van der Waals surface area contributed by atoms with Crippen molar-refractivity contribution in [1.82, 2.24) is 10.3 Å². The molecule has 1 amide bonds. The summed E-state index contributed by atoms with van der Waals surface area (Å²) in [6.07, 6.45) is 4.11. The van der Waals surface area contributed by atoms with Gasteiger partial charge in [-0.25, -0.2) is 4.98 Å². The first kappa shape index (κ1) is 10.4. The van der Waals surface area contributed by atoms with E-state index in [1.54, 1.807) is 19.3 Å². The van der Waals surface area contributed by atoms with Gasteiger partial charge in [0.2, 0.25) is 0 Å². The van der Waals surface area contributed by atoms with Crippen molar-refractivity contribution >= 4 is 21.8 Å². The quantitative estimate of drug-likeness (QED) is 0.911. The van der Waals surface area contributed by atoms with Crippen LogP contribution in [-0.2, 0) is 0 Å². The molecule has 1 aliphatic carbocycles. The Balaban J connectivity index is 2.17. The molecule has 0 aliphatic heterocycles. The van der Waals surface area contributed by atoms with E-state index < -0.39 is 0 Å². The van der Waals surface area contributed by atoms with Crippen molar-refractivity contribution in [2.24, 2.45) is 0 Å². The van der Waals surface area contributed by atoms with Gasteiger partial charge in [-0.05, 0) is 34.8 Å². The van der Waals surface area contributed by atoms with Crippen LogP contribution >= 0.6 is 15.9 Å². The van der Waals surface area contributed by atoms with Crippen molar-refractivity contribution in [3.8, 4) is 5.75 Å². The number of carbonyl (C=O) groups is 1. The lowest BCUT2D eigenvalue weighted by molar-refractivity contribution is 0.0958. The van der Waals surface area contributed by atoms with Crippen LogP contribution < -0.4 is 10.1 Å². The summed E-state index contributed by atoms with van der Waals surface area (Å²) >= 11 is 3.36. The first-order chi connectivity index (χ1) is 7.20. The number of aromatic nitrogens is 1. The summed E-state index contributed by atoms with van der Waals surface area (Å²) in [7, 11) is 1.58. The first-order valence-corrected chi connectivity index (χ1v) is 5.54. The first-order valence-electron chi connectivity index (χ1n) is 4.75. The summed E-state index contributed by atoms with van der Waals surface area (Å²) in [5.41, 5.74) is 0.382. The Labute approximate surface area is 96.2 Å². The zero-order valence-electron chi connectivity index (χ0n) is 8.29. The molecular formula is C10H11BrN2O2. The second kappa shape index (κ2) is 4.18. The number of halogens is 1. The van der Waals surface area contributed by atoms with Gasteiger partial charge in [0.1, 0.15) is 5.69 Å². The van der Waals surface area contributed by atoms with Crippen LogP contribution in [0.4, 0.5) is 0 Å². The number of rotatable bonds is 3. The Bertz CT molecular complexity index is 391. The Kier molecular flexibility index (Phi) is 2.90. The molecule has 0 atom stereocenters. The third-order valence-corrected chi connectivity index (χ3v) is 2.72. The molecule has 0 saturated heterocycles. The fourth-order valence-electron chi connectivity index (χ4n) is 1.12. The fraction of sp³-hybridized carbons (Fsp3) is 0.400. The number of ether oxygens (including phenoxy) is 1. The SMILES string of the molecule is CNC(=O)c1cc(Br)c(OC2CC2)cn1. The van der Waals surface area contributed by atoms with Crippen molar-refractivity contribution < 1.29 is 9.53 Å². The Hall–Kier alpha value is -1.10. The van der Waals surface area contributed by atoms with Crippen molar-refractivity contribution in [2.75, 3.05) is 7.05 Å². The molecule has 2 rings (SSSR count). The molecule has 1 N–H and O–H groups in total. The highest BCUT2D eigenvalue weighted by atomic mass is 79.9. The number of hydrogen-bond acceptors (Lipinski definition) is 3. The lowest BCUT2D eigenvalue weighted by Crippen LogP contribution is -2.19. The van der Waals surface area contributed by atoms with Crippen LogP contribution in [0, 0.1) is 0 Å². The minimum absolute atomic E-state index is 0.200. The van der Waals surface area contributed by atoms with E-state index in [-0.39, 0.29) is 5.91 Å². The van der Waals surface area contributed by atoms with E-state index in [9.17, 15) is 4.79 Å². The second-order valence-electron chi connectivity index (χ2n) is 3.40. The van der Waals surface area contributed by atoms with Crippen LogP contribution in [0.1, 0.15) is 23.3 Å². The summed E-state index contributed by atoms with van der Waals surface area (Å²) in [6.45, 7) is 0. The van der Waals surface area contributed by atoms with Crippen LogP contribution in [0.25, 0.3) is 0 Å². The molecule has 1 aromatic heterocycles. The van der Waals surface area contributed by atoms with E-state index in [1.807, 2.05) is 0 Å². The van der Waals surface area contributed by atoms with Crippen LogP contribution in [0.2, 0.25) is 0 Å². The minimum atomic E-state index is -0.200. The molecule has 0 unspecified atom stereocenters. The number of carbonyl (C=O) groups excluding carboxylic acids is 1. The molecule has 4 nitrogen and oxygen atoms in total. The maximum absolute atomic E-state index is 11.3. The number of hydrogen-bond donors (Lipinski definition) is 1. The Morgan fingerprint density at radius 2 is 2.40 bits per heavy atom. The van der Waals surface area contributed by atoms with Gasteiger partial charge in [-0.1, -0.05) is 0 Å². The summed E-state index contributed by atoms with van der Waals surface area (Å²) < 4.78 is 6.35. The van der Waals surface area contributed by atoms with E-state index in [0.29, 0.717) is 17.5 Å². The predicted octanol–water partition coefficient (Wildman–Crippen LogP) is 1.74.